The second kappa shape index (κ2) is 6.80. The van der Waals surface area contributed by atoms with Crippen LogP contribution >= 0.6 is 0 Å². The maximum Gasteiger partial charge on any atom is 0.241 e. The Balaban J connectivity index is 1.63. The zero-order chi connectivity index (χ0) is 17.1. The fraction of sp³-hybridized carbons (Fsp3) is 0.278. The van der Waals surface area contributed by atoms with Gasteiger partial charge in [-0.1, -0.05) is 18.2 Å². The predicted octanol–water partition coefficient (Wildman–Crippen LogP) is 2.58. The van der Waals surface area contributed by atoms with Crippen molar-refractivity contribution in [3.05, 3.63) is 48.0 Å². The quantitative estimate of drug-likeness (QED) is 0.883. The maximum atomic E-state index is 12.4. The van der Waals surface area contributed by atoms with Gasteiger partial charge in [0.2, 0.25) is 12.7 Å². The van der Waals surface area contributed by atoms with Crippen LogP contribution in [0.5, 0.6) is 17.2 Å². The molecule has 1 aliphatic rings. The Kier molecular flexibility index (Phi) is 4.57. The first-order chi connectivity index (χ1) is 11.5. The van der Waals surface area contributed by atoms with Crippen molar-refractivity contribution in [2.75, 3.05) is 19.2 Å². The number of rotatable bonds is 5. The van der Waals surface area contributed by atoms with Crippen molar-refractivity contribution in [3.63, 3.8) is 0 Å². The van der Waals surface area contributed by atoms with Crippen LogP contribution in [-0.4, -0.2) is 35.8 Å². The highest BCUT2D eigenvalue weighted by Crippen LogP contribution is 2.34. The Morgan fingerprint density at radius 3 is 2.79 bits per heavy atom. The minimum absolute atomic E-state index is 0.133. The highest BCUT2D eigenvalue weighted by molar-refractivity contribution is 5.94. The lowest BCUT2D eigenvalue weighted by Crippen LogP contribution is -2.39. The number of phenolic OH excluding ortho intramolecular Hbond substituents is 1. The molecule has 3 rings (SSSR count). The van der Waals surface area contributed by atoms with Crippen molar-refractivity contribution in [1.82, 2.24) is 4.90 Å². The third-order valence-corrected chi connectivity index (χ3v) is 4.09. The molecule has 24 heavy (non-hydrogen) atoms. The van der Waals surface area contributed by atoms with Gasteiger partial charge in [-0.3, -0.25) is 9.69 Å². The summed E-state index contributed by atoms with van der Waals surface area (Å²) in [6.45, 7) is 2.50. The van der Waals surface area contributed by atoms with E-state index in [1.54, 1.807) is 30.3 Å². The van der Waals surface area contributed by atoms with Gasteiger partial charge >= 0.3 is 0 Å². The standard InChI is InChI=1S/C18H20N2O4/c1-12(20(2)10-13-5-3-4-6-15(13)21)18(22)19-14-7-8-16-17(9-14)24-11-23-16/h3-9,12,21H,10-11H2,1-2H3,(H,19,22). The second-order valence-corrected chi connectivity index (χ2v) is 5.78. The zero-order valence-electron chi connectivity index (χ0n) is 13.7. The van der Waals surface area contributed by atoms with Gasteiger partial charge in [-0.2, -0.15) is 0 Å². The summed E-state index contributed by atoms with van der Waals surface area (Å²) in [6.07, 6.45) is 0. The number of nitrogens with zero attached hydrogens (tertiary/aromatic N) is 1. The molecule has 126 valence electrons. The lowest BCUT2D eigenvalue weighted by atomic mass is 10.1. The normalized spacial score (nSPS) is 13.8. The number of aromatic hydroxyl groups is 1. The molecule has 0 aliphatic carbocycles. The summed E-state index contributed by atoms with van der Waals surface area (Å²) in [7, 11) is 1.84. The lowest BCUT2D eigenvalue weighted by Gasteiger charge is -2.24. The molecule has 0 spiro atoms. The Hall–Kier alpha value is -2.73. The minimum atomic E-state index is -0.366. The zero-order valence-corrected chi connectivity index (χ0v) is 13.7. The highest BCUT2D eigenvalue weighted by atomic mass is 16.7. The van der Waals surface area contributed by atoms with Crippen LogP contribution < -0.4 is 14.8 Å². The number of likely N-dealkylation sites (N-methyl/N-ethyl adjacent to an activating group) is 1. The van der Waals surface area contributed by atoms with E-state index in [1.807, 2.05) is 31.0 Å². The Bertz CT molecular complexity index is 748. The lowest BCUT2D eigenvalue weighted by molar-refractivity contribution is -0.120. The van der Waals surface area contributed by atoms with E-state index in [-0.39, 0.29) is 24.5 Å². The van der Waals surface area contributed by atoms with Crippen molar-refractivity contribution < 1.29 is 19.4 Å². The van der Waals surface area contributed by atoms with Gasteiger partial charge in [-0.15, -0.1) is 0 Å². The van der Waals surface area contributed by atoms with E-state index in [9.17, 15) is 9.90 Å². The van der Waals surface area contributed by atoms with Crippen LogP contribution in [0, 0.1) is 0 Å². The molecule has 6 nitrogen and oxygen atoms in total. The average Bonchev–Trinajstić information content (AvgIpc) is 3.03. The summed E-state index contributed by atoms with van der Waals surface area (Å²) >= 11 is 0. The van der Waals surface area contributed by atoms with Crippen molar-refractivity contribution in [2.24, 2.45) is 0 Å². The number of hydrogen-bond acceptors (Lipinski definition) is 5. The van der Waals surface area contributed by atoms with E-state index in [0.717, 1.165) is 5.56 Å². The van der Waals surface area contributed by atoms with E-state index in [0.29, 0.717) is 23.7 Å². The van der Waals surface area contributed by atoms with Gasteiger partial charge in [0.1, 0.15) is 5.75 Å². The van der Waals surface area contributed by atoms with Crippen LogP contribution in [0.25, 0.3) is 0 Å². The summed E-state index contributed by atoms with van der Waals surface area (Å²) < 4.78 is 10.6. The molecule has 1 amide bonds. The van der Waals surface area contributed by atoms with Crippen LogP contribution in [0.15, 0.2) is 42.5 Å². The van der Waals surface area contributed by atoms with Gasteiger partial charge in [0.15, 0.2) is 11.5 Å². The molecule has 1 heterocycles. The molecule has 0 radical (unpaired) electrons. The highest BCUT2D eigenvalue weighted by Gasteiger charge is 2.20. The Labute approximate surface area is 140 Å². The molecule has 1 unspecified atom stereocenters. The summed E-state index contributed by atoms with van der Waals surface area (Å²) in [4.78, 5) is 14.3. The topological polar surface area (TPSA) is 71.0 Å². The third kappa shape index (κ3) is 3.44. The van der Waals surface area contributed by atoms with Gasteiger partial charge < -0.3 is 19.9 Å². The predicted molar refractivity (Wildman–Crippen MR) is 90.2 cm³/mol. The summed E-state index contributed by atoms with van der Waals surface area (Å²) in [6, 6.07) is 12.0. The Morgan fingerprint density at radius 1 is 1.25 bits per heavy atom. The van der Waals surface area contributed by atoms with Crippen LogP contribution in [0.1, 0.15) is 12.5 Å². The van der Waals surface area contributed by atoms with E-state index < -0.39 is 0 Å². The molecule has 0 fully saturated rings. The van der Waals surface area contributed by atoms with Crippen LogP contribution in [0.2, 0.25) is 0 Å². The van der Waals surface area contributed by atoms with Gasteiger partial charge in [0, 0.05) is 23.9 Å². The fourth-order valence-electron chi connectivity index (χ4n) is 2.47. The second-order valence-electron chi connectivity index (χ2n) is 5.78. The first-order valence-electron chi connectivity index (χ1n) is 7.72. The minimum Gasteiger partial charge on any atom is -0.508 e. The molecule has 0 saturated carbocycles. The smallest absolute Gasteiger partial charge is 0.241 e. The number of para-hydroxylation sites is 1. The number of hydrogen-bond donors (Lipinski definition) is 2. The number of nitrogens with one attached hydrogen (secondary N) is 1. The van der Waals surface area contributed by atoms with Gasteiger partial charge in [-0.25, -0.2) is 0 Å². The number of benzene rings is 2. The monoisotopic (exact) mass is 328 g/mol. The molecule has 1 atom stereocenters. The Morgan fingerprint density at radius 2 is 2.00 bits per heavy atom. The molecular formula is C18H20N2O4. The number of carbonyl (C=O) groups excluding carboxylic acids is 1. The maximum absolute atomic E-state index is 12.4. The molecule has 0 aromatic heterocycles. The molecule has 1 aliphatic heterocycles. The van der Waals surface area contributed by atoms with Crippen LogP contribution in [-0.2, 0) is 11.3 Å². The first kappa shape index (κ1) is 16.1. The fourth-order valence-corrected chi connectivity index (χ4v) is 2.47. The average molecular weight is 328 g/mol. The summed E-state index contributed by atoms with van der Waals surface area (Å²) in [5.41, 5.74) is 1.44. The van der Waals surface area contributed by atoms with Gasteiger partial charge in [0.25, 0.3) is 0 Å². The number of amides is 1. The van der Waals surface area contributed by atoms with Crippen LogP contribution in [0.3, 0.4) is 0 Å². The summed E-state index contributed by atoms with van der Waals surface area (Å²) in [5, 5.41) is 12.7. The molecule has 2 N–H and O–H groups in total. The SMILES string of the molecule is CC(C(=O)Nc1ccc2c(c1)OCO2)N(C)Cc1ccccc1O. The number of anilines is 1. The van der Waals surface area contributed by atoms with Crippen molar-refractivity contribution in [2.45, 2.75) is 19.5 Å². The van der Waals surface area contributed by atoms with E-state index >= 15 is 0 Å². The van der Waals surface area contributed by atoms with Crippen molar-refractivity contribution >= 4 is 11.6 Å². The van der Waals surface area contributed by atoms with Crippen LogP contribution in [0.4, 0.5) is 5.69 Å². The van der Waals surface area contributed by atoms with Crippen molar-refractivity contribution in [1.29, 1.82) is 0 Å². The summed E-state index contributed by atoms with van der Waals surface area (Å²) in [5.74, 6) is 1.40. The van der Waals surface area contributed by atoms with E-state index in [2.05, 4.69) is 5.32 Å². The van der Waals surface area contributed by atoms with Gasteiger partial charge in [-0.05, 0) is 32.2 Å². The number of fused-ring (bicyclic) bond motifs is 1. The number of ether oxygens (including phenoxy) is 2. The number of phenols is 1. The molecular weight excluding hydrogens is 308 g/mol. The molecule has 2 aromatic carbocycles. The van der Waals surface area contributed by atoms with Crippen molar-refractivity contribution in [3.8, 4) is 17.2 Å². The largest absolute Gasteiger partial charge is 0.508 e. The number of carbonyl (C=O) groups is 1. The first-order valence-corrected chi connectivity index (χ1v) is 7.72. The van der Waals surface area contributed by atoms with Gasteiger partial charge in [0.05, 0.1) is 6.04 Å². The molecule has 0 saturated heterocycles. The molecule has 6 heteroatoms. The van der Waals surface area contributed by atoms with E-state index in [4.69, 9.17) is 9.47 Å². The molecule has 2 aromatic rings. The third-order valence-electron chi connectivity index (χ3n) is 4.09. The van der Waals surface area contributed by atoms with E-state index in [1.165, 1.54) is 0 Å². The molecule has 0 bridgehead atoms.